The number of benzene rings is 3. The molecule has 1 N–H and O–H groups in total. The first-order valence-electron chi connectivity index (χ1n) is 12.6. The summed E-state index contributed by atoms with van der Waals surface area (Å²) in [7, 11) is 2.08. The van der Waals surface area contributed by atoms with Crippen LogP contribution in [0.2, 0.25) is 10.0 Å². The van der Waals surface area contributed by atoms with Gasteiger partial charge in [-0.1, -0.05) is 64.7 Å². The minimum Gasteiger partial charge on any atom is -0.505 e. The predicted molar refractivity (Wildman–Crippen MR) is 156 cm³/mol. The van der Waals surface area contributed by atoms with Gasteiger partial charge in [0.1, 0.15) is 18.1 Å². The molecule has 0 saturated carbocycles. The van der Waals surface area contributed by atoms with Crippen LogP contribution in [0.3, 0.4) is 0 Å². The first-order valence-corrected chi connectivity index (χ1v) is 13.4. The maximum atomic E-state index is 9.73. The van der Waals surface area contributed by atoms with Gasteiger partial charge in [-0.05, 0) is 54.9 Å². The Balaban J connectivity index is 1.10. The van der Waals surface area contributed by atoms with Gasteiger partial charge in [-0.2, -0.15) is 0 Å². The van der Waals surface area contributed by atoms with Crippen molar-refractivity contribution in [1.82, 2.24) is 30.0 Å². The molecule has 9 nitrogen and oxygen atoms in total. The highest BCUT2D eigenvalue weighted by Crippen LogP contribution is 2.35. The van der Waals surface area contributed by atoms with Gasteiger partial charge in [-0.25, -0.2) is 9.97 Å². The summed E-state index contributed by atoms with van der Waals surface area (Å²) in [5, 5.41) is 18.1. The summed E-state index contributed by atoms with van der Waals surface area (Å²) < 4.78 is 11.5. The van der Waals surface area contributed by atoms with E-state index in [4.69, 9.17) is 32.7 Å². The molecule has 208 valence electrons. The topological polar surface area (TPSA) is 106 Å². The Morgan fingerprint density at radius 2 is 1.46 bits per heavy atom. The molecule has 0 aliphatic rings. The molecule has 0 fully saturated rings. The van der Waals surface area contributed by atoms with E-state index in [1.807, 2.05) is 43.3 Å². The van der Waals surface area contributed by atoms with Crippen LogP contribution >= 0.6 is 23.2 Å². The maximum absolute atomic E-state index is 9.73. The van der Waals surface area contributed by atoms with Crippen molar-refractivity contribution >= 4 is 23.2 Å². The minimum absolute atomic E-state index is 0.124. The van der Waals surface area contributed by atoms with E-state index < -0.39 is 0 Å². The summed E-state index contributed by atoms with van der Waals surface area (Å²) in [5.74, 6) is 1.02. The quantitative estimate of drug-likeness (QED) is 0.192. The van der Waals surface area contributed by atoms with E-state index in [-0.39, 0.29) is 21.8 Å². The molecule has 0 spiro atoms. The van der Waals surface area contributed by atoms with Crippen LogP contribution in [0.4, 0.5) is 0 Å². The van der Waals surface area contributed by atoms with Gasteiger partial charge >= 0.3 is 6.01 Å². The van der Waals surface area contributed by atoms with Gasteiger partial charge in [-0.3, -0.25) is 9.88 Å². The SMILES string of the molecule is Cc1cncc(Oc2ccc(CN(C)Cc3ccc(COc4ncc(-c5cc(Cl)c(O)c(Cl)c5)nn4)cc3)cc2)n1. The number of phenolic OH excluding ortho intramolecular Hbond substituents is 1. The molecule has 0 amide bonds. The fourth-order valence-electron chi connectivity index (χ4n) is 4.02. The predicted octanol–water partition coefficient (Wildman–Crippen LogP) is 6.65. The third-order valence-corrected chi connectivity index (χ3v) is 6.60. The summed E-state index contributed by atoms with van der Waals surface area (Å²) in [6, 6.07) is 19.4. The molecule has 3 aromatic carbocycles. The number of phenols is 1. The summed E-state index contributed by atoms with van der Waals surface area (Å²) in [4.78, 5) is 14.9. The first-order chi connectivity index (χ1) is 19.8. The van der Waals surface area contributed by atoms with Crippen LogP contribution in [0.1, 0.15) is 22.4 Å². The molecule has 0 aliphatic carbocycles. The number of halogens is 2. The van der Waals surface area contributed by atoms with E-state index in [2.05, 4.69) is 49.2 Å². The molecule has 11 heteroatoms. The zero-order chi connectivity index (χ0) is 28.8. The van der Waals surface area contributed by atoms with Crippen LogP contribution in [-0.4, -0.2) is 42.2 Å². The lowest BCUT2D eigenvalue weighted by Gasteiger charge is -2.17. The van der Waals surface area contributed by atoms with Crippen molar-refractivity contribution in [2.24, 2.45) is 0 Å². The Labute approximate surface area is 247 Å². The average molecular weight is 589 g/mol. The van der Waals surface area contributed by atoms with Crippen LogP contribution in [-0.2, 0) is 19.7 Å². The highest BCUT2D eigenvalue weighted by atomic mass is 35.5. The molecule has 0 atom stereocenters. The zero-order valence-corrected chi connectivity index (χ0v) is 23.8. The molecule has 0 aliphatic heterocycles. The molecule has 0 unspecified atom stereocenters. The lowest BCUT2D eigenvalue weighted by atomic mass is 10.1. The summed E-state index contributed by atoms with van der Waals surface area (Å²) in [5.41, 5.74) is 5.19. The van der Waals surface area contributed by atoms with E-state index >= 15 is 0 Å². The van der Waals surface area contributed by atoms with Crippen molar-refractivity contribution in [3.63, 3.8) is 0 Å². The smallest absolute Gasteiger partial charge is 0.336 e. The molecule has 2 aromatic heterocycles. The van der Waals surface area contributed by atoms with Crippen molar-refractivity contribution < 1.29 is 14.6 Å². The molecule has 2 heterocycles. The number of aromatic hydroxyl groups is 1. The zero-order valence-electron chi connectivity index (χ0n) is 22.3. The van der Waals surface area contributed by atoms with Crippen molar-refractivity contribution in [3.05, 3.63) is 112 Å². The molecule has 0 radical (unpaired) electrons. The number of hydrogen-bond donors (Lipinski definition) is 1. The van der Waals surface area contributed by atoms with Crippen LogP contribution in [0.25, 0.3) is 11.3 Å². The van der Waals surface area contributed by atoms with Crippen molar-refractivity contribution in [3.8, 4) is 34.6 Å². The molecule has 0 saturated heterocycles. The second-order valence-corrected chi connectivity index (χ2v) is 10.3. The highest BCUT2D eigenvalue weighted by molar-refractivity contribution is 6.37. The van der Waals surface area contributed by atoms with Gasteiger partial charge in [0.15, 0.2) is 5.75 Å². The van der Waals surface area contributed by atoms with E-state index in [0.29, 0.717) is 23.7 Å². The Hall–Kier alpha value is -4.31. The largest absolute Gasteiger partial charge is 0.505 e. The lowest BCUT2D eigenvalue weighted by Crippen LogP contribution is -2.17. The van der Waals surface area contributed by atoms with Crippen molar-refractivity contribution in [2.75, 3.05) is 7.05 Å². The molecular formula is C30H26Cl2N6O3. The van der Waals surface area contributed by atoms with Crippen LogP contribution in [0.5, 0.6) is 23.4 Å². The number of rotatable bonds is 10. The molecule has 41 heavy (non-hydrogen) atoms. The highest BCUT2D eigenvalue weighted by Gasteiger charge is 2.11. The summed E-state index contributed by atoms with van der Waals surface area (Å²) >= 11 is 12.0. The Bertz CT molecular complexity index is 1590. The van der Waals surface area contributed by atoms with Crippen LogP contribution < -0.4 is 9.47 Å². The third kappa shape index (κ3) is 7.67. The number of ether oxygens (including phenoxy) is 2. The van der Waals surface area contributed by atoms with Gasteiger partial charge < -0.3 is 14.6 Å². The normalized spacial score (nSPS) is 11.0. The second-order valence-electron chi connectivity index (χ2n) is 9.44. The first kappa shape index (κ1) is 28.2. The fraction of sp³-hybridized carbons (Fsp3) is 0.167. The monoisotopic (exact) mass is 588 g/mol. The minimum atomic E-state index is -0.179. The van der Waals surface area contributed by atoms with Crippen molar-refractivity contribution in [1.29, 1.82) is 0 Å². The Morgan fingerprint density at radius 3 is 2.07 bits per heavy atom. The average Bonchev–Trinajstić information content (AvgIpc) is 2.96. The van der Waals surface area contributed by atoms with E-state index in [0.717, 1.165) is 30.1 Å². The standard InChI is InChI=1S/C30H26Cl2N6O3/c1-19-13-33-15-28(35-19)41-24-9-7-21(8-10-24)17-38(2)16-20-3-5-22(6-4-20)18-40-30-34-14-27(36-37-30)23-11-25(31)29(39)26(32)12-23/h3-15,39H,16-18H2,1-2H3. The van der Waals surface area contributed by atoms with Gasteiger partial charge in [0, 0.05) is 24.8 Å². The van der Waals surface area contributed by atoms with E-state index in [9.17, 15) is 5.11 Å². The molecular weight excluding hydrogens is 563 g/mol. The lowest BCUT2D eigenvalue weighted by molar-refractivity contribution is 0.276. The number of hydrogen-bond acceptors (Lipinski definition) is 9. The van der Waals surface area contributed by atoms with E-state index in [1.165, 1.54) is 17.3 Å². The molecule has 0 bridgehead atoms. The third-order valence-electron chi connectivity index (χ3n) is 6.03. The number of aromatic nitrogens is 5. The Kier molecular flexibility index (Phi) is 8.88. The number of aryl methyl sites for hydroxylation is 1. The van der Waals surface area contributed by atoms with Crippen LogP contribution in [0.15, 0.2) is 79.3 Å². The van der Waals surface area contributed by atoms with Crippen molar-refractivity contribution in [2.45, 2.75) is 26.6 Å². The Morgan fingerprint density at radius 1 is 0.829 bits per heavy atom. The maximum Gasteiger partial charge on any atom is 0.336 e. The summed E-state index contributed by atoms with van der Waals surface area (Å²) in [6.07, 6.45) is 4.80. The fourth-order valence-corrected chi connectivity index (χ4v) is 4.50. The molecule has 5 aromatic rings. The number of nitrogens with zero attached hydrogens (tertiary/aromatic N) is 6. The van der Waals surface area contributed by atoms with Gasteiger partial charge in [0.25, 0.3) is 0 Å². The summed E-state index contributed by atoms with van der Waals surface area (Å²) in [6.45, 7) is 3.76. The van der Waals surface area contributed by atoms with Gasteiger partial charge in [-0.15, -0.1) is 5.10 Å². The van der Waals surface area contributed by atoms with Gasteiger partial charge in [0.05, 0.1) is 28.1 Å². The van der Waals surface area contributed by atoms with Gasteiger partial charge in [0.2, 0.25) is 5.88 Å². The molecule has 5 rings (SSSR count). The second kappa shape index (κ2) is 12.9. The van der Waals surface area contributed by atoms with Crippen LogP contribution in [0, 0.1) is 6.92 Å². The van der Waals surface area contributed by atoms with E-state index in [1.54, 1.807) is 24.5 Å².